The van der Waals surface area contributed by atoms with Crippen LogP contribution in [0, 0.1) is 0 Å². The van der Waals surface area contributed by atoms with E-state index in [2.05, 4.69) is 42.2 Å². The highest BCUT2D eigenvalue weighted by Gasteiger charge is 2.06. The summed E-state index contributed by atoms with van der Waals surface area (Å²) >= 11 is 12.4. The van der Waals surface area contributed by atoms with Gasteiger partial charge in [0.1, 0.15) is 5.15 Å². The first kappa shape index (κ1) is 14.5. The molecule has 0 radical (unpaired) electrons. The molecule has 0 saturated carbocycles. The molecule has 0 aliphatic rings. The minimum absolute atomic E-state index is 0.0988. The first-order valence-electron chi connectivity index (χ1n) is 5.40. The van der Waals surface area contributed by atoms with Gasteiger partial charge in [0.15, 0.2) is 0 Å². The maximum atomic E-state index is 11.9. The van der Waals surface area contributed by atoms with Crippen LogP contribution in [0.3, 0.4) is 0 Å². The number of rotatable bonds is 3. The fraction of sp³-hybridized carbons (Fsp3) is 0.0769. The van der Waals surface area contributed by atoms with E-state index in [1.165, 1.54) is 6.20 Å². The summed E-state index contributed by atoms with van der Waals surface area (Å²) in [6, 6.07) is 9.33. The van der Waals surface area contributed by atoms with Crippen LogP contribution in [-0.4, -0.2) is 10.9 Å². The smallest absolute Gasteiger partial charge is 0.228 e. The second-order valence-corrected chi connectivity index (χ2v) is 5.98. The van der Waals surface area contributed by atoms with Crippen molar-refractivity contribution in [1.82, 2.24) is 4.98 Å². The van der Waals surface area contributed by atoms with Crippen molar-refractivity contribution in [3.05, 3.63) is 56.2 Å². The lowest BCUT2D eigenvalue weighted by Gasteiger charge is -2.06. The van der Waals surface area contributed by atoms with E-state index in [1.54, 1.807) is 6.07 Å². The van der Waals surface area contributed by atoms with Crippen molar-refractivity contribution < 1.29 is 4.79 Å². The molecule has 1 N–H and O–H groups in total. The molecule has 0 fully saturated rings. The monoisotopic (exact) mass is 402 g/mol. The van der Waals surface area contributed by atoms with E-state index in [4.69, 9.17) is 11.6 Å². The quantitative estimate of drug-likeness (QED) is 0.769. The van der Waals surface area contributed by atoms with Crippen LogP contribution in [0.5, 0.6) is 0 Å². The lowest BCUT2D eigenvalue weighted by molar-refractivity contribution is -0.115. The van der Waals surface area contributed by atoms with Crippen molar-refractivity contribution in [3.63, 3.8) is 0 Å². The lowest BCUT2D eigenvalue weighted by Crippen LogP contribution is -2.14. The molecule has 6 heteroatoms. The van der Waals surface area contributed by atoms with Crippen LogP contribution < -0.4 is 5.32 Å². The van der Waals surface area contributed by atoms with E-state index < -0.39 is 0 Å². The van der Waals surface area contributed by atoms with E-state index in [0.29, 0.717) is 21.7 Å². The van der Waals surface area contributed by atoms with Crippen LogP contribution in [0.15, 0.2) is 45.5 Å². The molecule has 98 valence electrons. The average Bonchev–Trinajstić information content (AvgIpc) is 2.37. The molecule has 1 aromatic carbocycles. The summed E-state index contributed by atoms with van der Waals surface area (Å²) in [7, 11) is 0. The fourth-order valence-corrected chi connectivity index (χ4v) is 2.20. The maximum Gasteiger partial charge on any atom is 0.228 e. The van der Waals surface area contributed by atoms with E-state index >= 15 is 0 Å². The maximum absolute atomic E-state index is 11.9. The van der Waals surface area contributed by atoms with Crippen LogP contribution in [0.4, 0.5) is 5.69 Å². The van der Waals surface area contributed by atoms with Gasteiger partial charge < -0.3 is 5.32 Å². The normalized spacial score (nSPS) is 10.3. The molecular weight excluding hydrogens is 395 g/mol. The Labute approximate surface area is 132 Å². The number of hydrogen-bond donors (Lipinski definition) is 1. The highest BCUT2D eigenvalue weighted by atomic mass is 79.9. The number of hydrogen-bond acceptors (Lipinski definition) is 2. The number of anilines is 1. The Hall–Kier alpha value is -0.910. The largest absolute Gasteiger partial charge is 0.324 e. The minimum atomic E-state index is -0.0988. The molecule has 0 aliphatic carbocycles. The molecule has 0 atom stereocenters. The molecular formula is C13H9Br2ClN2O. The van der Waals surface area contributed by atoms with Gasteiger partial charge >= 0.3 is 0 Å². The van der Waals surface area contributed by atoms with Gasteiger partial charge in [0, 0.05) is 4.47 Å². The Balaban J connectivity index is 2.01. The lowest BCUT2D eigenvalue weighted by atomic mass is 10.1. The number of nitrogens with zero attached hydrogens (tertiary/aromatic N) is 1. The molecule has 0 unspecified atom stereocenters. The number of benzene rings is 1. The van der Waals surface area contributed by atoms with Crippen LogP contribution >= 0.6 is 43.5 Å². The van der Waals surface area contributed by atoms with Gasteiger partial charge in [0.2, 0.25) is 5.91 Å². The number of halogens is 3. The van der Waals surface area contributed by atoms with E-state index in [-0.39, 0.29) is 5.91 Å². The molecule has 19 heavy (non-hydrogen) atoms. The summed E-state index contributed by atoms with van der Waals surface area (Å²) in [5, 5.41) is 3.14. The highest BCUT2D eigenvalue weighted by Crippen LogP contribution is 2.23. The third-order valence-corrected chi connectivity index (χ3v) is 4.02. The SMILES string of the molecule is O=C(Cc1ccc(Br)cc1)Nc1cnc(Cl)c(Br)c1. The number of nitrogens with one attached hydrogen (secondary N) is 1. The number of carbonyl (C=O) groups is 1. The van der Waals surface area contributed by atoms with Gasteiger partial charge in [-0.2, -0.15) is 0 Å². The Bertz CT molecular complexity index is 602. The van der Waals surface area contributed by atoms with Crippen molar-refractivity contribution in [3.8, 4) is 0 Å². The predicted molar refractivity (Wildman–Crippen MR) is 83.4 cm³/mol. The Morgan fingerprint density at radius 3 is 2.58 bits per heavy atom. The summed E-state index contributed by atoms with van der Waals surface area (Å²) < 4.78 is 1.64. The number of pyridine rings is 1. The average molecular weight is 404 g/mol. The Morgan fingerprint density at radius 1 is 1.26 bits per heavy atom. The minimum Gasteiger partial charge on any atom is -0.324 e. The molecule has 3 nitrogen and oxygen atoms in total. The highest BCUT2D eigenvalue weighted by molar-refractivity contribution is 9.10. The molecule has 1 aromatic heterocycles. The summed E-state index contributed by atoms with van der Waals surface area (Å²) in [4.78, 5) is 15.8. The zero-order chi connectivity index (χ0) is 13.8. The summed E-state index contributed by atoms with van der Waals surface area (Å²) in [6.07, 6.45) is 1.83. The third-order valence-electron chi connectivity index (χ3n) is 2.36. The van der Waals surface area contributed by atoms with Gasteiger partial charge in [-0.05, 0) is 39.7 Å². The molecule has 0 spiro atoms. The van der Waals surface area contributed by atoms with Crippen LogP contribution in [0.1, 0.15) is 5.56 Å². The van der Waals surface area contributed by atoms with Crippen molar-refractivity contribution in [1.29, 1.82) is 0 Å². The molecule has 2 rings (SSSR count). The fourth-order valence-electron chi connectivity index (χ4n) is 1.48. The topological polar surface area (TPSA) is 42.0 Å². The van der Waals surface area contributed by atoms with E-state index in [0.717, 1.165) is 10.0 Å². The predicted octanol–water partition coefficient (Wildman–Crippen LogP) is 4.44. The van der Waals surface area contributed by atoms with Gasteiger partial charge in [-0.15, -0.1) is 0 Å². The Kier molecular flexibility index (Phi) is 4.96. The van der Waals surface area contributed by atoms with Gasteiger partial charge in [-0.25, -0.2) is 4.98 Å². The molecule has 0 bridgehead atoms. The first-order valence-corrected chi connectivity index (χ1v) is 7.36. The van der Waals surface area contributed by atoms with Crippen LogP contribution in [0.2, 0.25) is 5.15 Å². The molecule has 1 heterocycles. The zero-order valence-electron chi connectivity index (χ0n) is 9.66. The van der Waals surface area contributed by atoms with E-state index in [1.807, 2.05) is 24.3 Å². The number of aromatic nitrogens is 1. The molecule has 2 aromatic rings. The summed E-state index contributed by atoms with van der Waals surface area (Å²) in [5.74, 6) is -0.0988. The van der Waals surface area contributed by atoms with Crippen LogP contribution in [0.25, 0.3) is 0 Å². The zero-order valence-corrected chi connectivity index (χ0v) is 13.6. The second kappa shape index (κ2) is 6.50. The van der Waals surface area contributed by atoms with Crippen LogP contribution in [-0.2, 0) is 11.2 Å². The number of amides is 1. The van der Waals surface area contributed by atoms with E-state index in [9.17, 15) is 4.79 Å². The van der Waals surface area contributed by atoms with Gasteiger partial charge in [0.25, 0.3) is 0 Å². The summed E-state index contributed by atoms with van der Waals surface area (Å²) in [6.45, 7) is 0. The molecule has 0 aliphatic heterocycles. The standard InChI is InChI=1S/C13H9Br2ClN2O/c14-9-3-1-8(2-4-9)5-12(19)18-10-6-11(15)13(16)17-7-10/h1-4,6-7H,5H2,(H,18,19). The molecule has 1 amide bonds. The van der Waals surface area contributed by atoms with Crippen molar-refractivity contribution >= 4 is 55.1 Å². The van der Waals surface area contributed by atoms with Crippen molar-refractivity contribution in [2.24, 2.45) is 0 Å². The number of carbonyl (C=O) groups excluding carboxylic acids is 1. The first-order chi connectivity index (χ1) is 9.04. The second-order valence-electron chi connectivity index (χ2n) is 3.85. The van der Waals surface area contributed by atoms with Gasteiger partial charge in [-0.3, -0.25) is 4.79 Å². The van der Waals surface area contributed by atoms with Crippen molar-refractivity contribution in [2.75, 3.05) is 5.32 Å². The Morgan fingerprint density at radius 2 is 1.95 bits per heavy atom. The summed E-state index contributed by atoms with van der Waals surface area (Å²) in [5.41, 5.74) is 1.56. The van der Waals surface area contributed by atoms with Gasteiger partial charge in [-0.1, -0.05) is 39.7 Å². The van der Waals surface area contributed by atoms with Crippen molar-refractivity contribution in [2.45, 2.75) is 6.42 Å². The van der Waals surface area contributed by atoms with Gasteiger partial charge in [0.05, 0.1) is 22.8 Å². The molecule has 0 saturated heterocycles. The third kappa shape index (κ3) is 4.30.